The predicted octanol–water partition coefficient (Wildman–Crippen LogP) is 1.52. The Bertz CT molecular complexity index is 436. The molecule has 1 aromatic carbocycles. The Balaban J connectivity index is 2.52. The summed E-state index contributed by atoms with van der Waals surface area (Å²) in [7, 11) is 1.70. The van der Waals surface area contributed by atoms with E-state index in [1.807, 2.05) is 18.2 Å². The molecule has 0 aromatic heterocycles. The molecule has 0 radical (unpaired) electrons. The summed E-state index contributed by atoms with van der Waals surface area (Å²) in [5, 5.41) is 0. The largest absolute Gasteiger partial charge is 0.486 e. The van der Waals surface area contributed by atoms with Crippen LogP contribution in [0.2, 0.25) is 0 Å². The Kier molecular flexibility index (Phi) is 2.90. The zero-order chi connectivity index (χ0) is 11.9. The lowest BCUT2D eigenvalue weighted by atomic mass is 10.2. The average Bonchev–Trinajstić information content (AvgIpc) is 2.34. The summed E-state index contributed by atoms with van der Waals surface area (Å²) >= 11 is 3.37. The van der Waals surface area contributed by atoms with Crippen LogP contribution in [-0.4, -0.2) is 25.1 Å². The Morgan fingerprint density at radius 3 is 2.88 bits per heavy atom. The zero-order valence-electron chi connectivity index (χ0n) is 9.11. The van der Waals surface area contributed by atoms with Crippen molar-refractivity contribution in [3.63, 3.8) is 0 Å². The summed E-state index contributed by atoms with van der Waals surface area (Å²) in [6.45, 7) is 1.80. The predicted molar refractivity (Wildman–Crippen MR) is 65.6 cm³/mol. The number of amides is 1. The molecular formula is C11H13BrN2O2. The first-order valence-corrected chi connectivity index (χ1v) is 5.79. The number of rotatable bonds is 0. The number of hydrogen-bond acceptors (Lipinski definition) is 3. The van der Waals surface area contributed by atoms with Gasteiger partial charge in [-0.25, -0.2) is 0 Å². The molecular weight excluding hydrogens is 272 g/mol. The Labute approximate surface area is 102 Å². The van der Waals surface area contributed by atoms with Gasteiger partial charge in [0, 0.05) is 11.5 Å². The molecule has 16 heavy (non-hydrogen) atoms. The van der Waals surface area contributed by atoms with Crippen molar-refractivity contribution < 1.29 is 9.53 Å². The van der Waals surface area contributed by atoms with Crippen molar-refractivity contribution in [1.82, 2.24) is 0 Å². The lowest BCUT2D eigenvalue weighted by molar-refractivity contribution is -0.120. The van der Waals surface area contributed by atoms with Crippen LogP contribution in [0.5, 0.6) is 5.75 Å². The number of fused-ring (bicyclic) bond motifs is 1. The standard InChI is InChI=1S/C11H13BrN2O2/c1-6-10(13)11(15)14(2)8-5-7(12)3-4-9(8)16-6/h3-6,10H,13H2,1-2H3/t6-,10?/m1/s1. The fourth-order valence-corrected chi connectivity index (χ4v) is 2.02. The molecule has 5 heteroatoms. The maximum absolute atomic E-state index is 11.9. The van der Waals surface area contributed by atoms with Gasteiger partial charge in [0.15, 0.2) is 0 Å². The third-order valence-corrected chi connectivity index (χ3v) is 3.21. The molecule has 1 aromatic rings. The van der Waals surface area contributed by atoms with Gasteiger partial charge in [0.2, 0.25) is 5.91 Å². The molecule has 0 saturated heterocycles. The second-order valence-corrected chi connectivity index (χ2v) is 4.77. The number of carbonyl (C=O) groups is 1. The van der Waals surface area contributed by atoms with Gasteiger partial charge in [0.05, 0.1) is 5.69 Å². The summed E-state index contributed by atoms with van der Waals surface area (Å²) in [6.07, 6.45) is -0.322. The number of nitrogens with zero attached hydrogens (tertiary/aromatic N) is 1. The van der Waals surface area contributed by atoms with Crippen LogP contribution in [0, 0.1) is 0 Å². The fourth-order valence-electron chi connectivity index (χ4n) is 1.67. The molecule has 0 bridgehead atoms. The SMILES string of the molecule is C[C@H]1Oc2ccc(Br)cc2N(C)C(=O)C1N. The van der Waals surface area contributed by atoms with E-state index in [0.29, 0.717) is 5.75 Å². The molecule has 2 atom stereocenters. The first kappa shape index (κ1) is 11.4. The van der Waals surface area contributed by atoms with Crippen LogP contribution in [0.1, 0.15) is 6.92 Å². The quantitative estimate of drug-likeness (QED) is 0.786. The Morgan fingerprint density at radius 2 is 2.19 bits per heavy atom. The first-order chi connectivity index (χ1) is 7.50. The van der Waals surface area contributed by atoms with Gasteiger partial charge in [-0.2, -0.15) is 0 Å². The van der Waals surface area contributed by atoms with Gasteiger partial charge < -0.3 is 15.4 Å². The summed E-state index contributed by atoms with van der Waals surface area (Å²) in [5.41, 5.74) is 6.54. The van der Waals surface area contributed by atoms with E-state index >= 15 is 0 Å². The second kappa shape index (κ2) is 4.07. The Hall–Kier alpha value is -1.07. The van der Waals surface area contributed by atoms with Crippen molar-refractivity contribution in [3.05, 3.63) is 22.7 Å². The van der Waals surface area contributed by atoms with Crippen molar-refractivity contribution in [3.8, 4) is 5.75 Å². The number of halogens is 1. The summed E-state index contributed by atoms with van der Waals surface area (Å²) < 4.78 is 6.56. The van der Waals surface area contributed by atoms with Gasteiger partial charge in [-0.3, -0.25) is 4.79 Å². The first-order valence-electron chi connectivity index (χ1n) is 5.00. The van der Waals surface area contributed by atoms with E-state index in [1.54, 1.807) is 14.0 Å². The van der Waals surface area contributed by atoms with E-state index < -0.39 is 6.04 Å². The minimum absolute atomic E-state index is 0.135. The number of ether oxygens (including phenoxy) is 1. The monoisotopic (exact) mass is 284 g/mol. The minimum Gasteiger partial charge on any atom is -0.486 e. The summed E-state index contributed by atoms with van der Waals surface area (Å²) in [4.78, 5) is 13.5. The molecule has 1 aliphatic heterocycles. The molecule has 1 heterocycles. The molecule has 0 fully saturated rings. The average molecular weight is 285 g/mol. The second-order valence-electron chi connectivity index (χ2n) is 3.86. The molecule has 0 spiro atoms. The fraction of sp³-hybridized carbons (Fsp3) is 0.364. The van der Waals surface area contributed by atoms with Crippen LogP contribution in [0.25, 0.3) is 0 Å². The van der Waals surface area contributed by atoms with Gasteiger partial charge >= 0.3 is 0 Å². The van der Waals surface area contributed by atoms with Crippen molar-refractivity contribution >= 4 is 27.5 Å². The van der Waals surface area contributed by atoms with Crippen molar-refractivity contribution in [1.29, 1.82) is 0 Å². The molecule has 4 nitrogen and oxygen atoms in total. The van der Waals surface area contributed by atoms with E-state index in [0.717, 1.165) is 10.2 Å². The molecule has 0 aliphatic carbocycles. The summed E-state index contributed by atoms with van der Waals surface area (Å²) in [6, 6.07) is 4.92. The van der Waals surface area contributed by atoms with Crippen molar-refractivity contribution in [2.75, 3.05) is 11.9 Å². The van der Waals surface area contributed by atoms with Crippen LogP contribution in [-0.2, 0) is 4.79 Å². The van der Waals surface area contributed by atoms with Crippen molar-refractivity contribution in [2.45, 2.75) is 19.1 Å². The number of likely N-dealkylation sites (N-methyl/N-ethyl adjacent to an activating group) is 1. The third kappa shape index (κ3) is 1.81. The van der Waals surface area contributed by atoms with Gasteiger partial charge in [0.25, 0.3) is 0 Å². The van der Waals surface area contributed by atoms with Crippen LogP contribution in [0.3, 0.4) is 0 Å². The molecule has 0 saturated carbocycles. The third-order valence-electron chi connectivity index (χ3n) is 2.72. The van der Waals surface area contributed by atoms with Crippen LogP contribution < -0.4 is 15.4 Å². The highest BCUT2D eigenvalue weighted by Crippen LogP contribution is 2.34. The maximum atomic E-state index is 11.9. The van der Waals surface area contributed by atoms with Crippen molar-refractivity contribution in [2.24, 2.45) is 5.73 Å². The molecule has 1 unspecified atom stereocenters. The number of nitrogens with two attached hydrogens (primary N) is 1. The molecule has 2 rings (SSSR count). The lowest BCUT2D eigenvalue weighted by Gasteiger charge is -2.18. The zero-order valence-corrected chi connectivity index (χ0v) is 10.7. The lowest BCUT2D eigenvalue weighted by Crippen LogP contribution is -2.48. The van der Waals surface area contributed by atoms with Gasteiger partial charge in [0.1, 0.15) is 17.9 Å². The van der Waals surface area contributed by atoms with Crippen LogP contribution in [0.15, 0.2) is 22.7 Å². The van der Waals surface area contributed by atoms with E-state index in [2.05, 4.69) is 15.9 Å². The van der Waals surface area contributed by atoms with Crippen LogP contribution in [0.4, 0.5) is 5.69 Å². The maximum Gasteiger partial charge on any atom is 0.247 e. The molecule has 1 amide bonds. The topological polar surface area (TPSA) is 55.6 Å². The van der Waals surface area contributed by atoms with Gasteiger partial charge in [-0.1, -0.05) is 15.9 Å². The number of hydrogen-bond donors (Lipinski definition) is 1. The highest BCUT2D eigenvalue weighted by molar-refractivity contribution is 9.10. The molecule has 1 aliphatic rings. The smallest absolute Gasteiger partial charge is 0.247 e. The van der Waals surface area contributed by atoms with E-state index in [4.69, 9.17) is 10.5 Å². The number of anilines is 1. The molecule has 86 valence electrons. The number of carbonyl (C=O) groups excluding carboxylic acids is 1. The van der Waals surface area contributed by atoms with E-state index in [-0.39, 0.29) is 12.0 Å². The van der Waals surface area contributed by atoms with Crippen LogP contribution >= 0.6 is 15.9 Å². The van der Waals surface area contributed by atoms with E-state index in [1.165, 1.54) is 4.90 Å². The minimum atomic E-state index is -0.629. The Morgan fingerprint density at radius 1 is 1.50 bits per heavy atom. The molecule has 2 N–H and O–H groups in total. The highest BCUT2D eigenvalue weighted by Gasteiger charge is 2.31. The van der Waals surface area contributed by atoms with E-state index in [9.17, 15) is 4.79 Å². The van der Waals surface area contributed by atoms with Gasteiger partial charge in [-0.15, -0.1) is 0 Å². The normalized spacial score (nSPS) is 24.8. The summed E-state index contributed by atoms with van der Waals surface area (Å²) in [5.74, 6) is 0.545. The van der Waals surface area contributed by atoms with Gasteiger partial charge in [-0.05, 0) is 25.1 Å². The highest BCUT2D eigenvalue weighted by atomic mass is 79.9. The number of benzene rings is 1.